The van der Waals surface area contributed by atoms with Crippen molar-refractivity contribution in [2.75, 3.05) is 0 Å². The lowest BCUT2D eigenvalue weighted by molar-refractivity contribution is 0.0925. The molecule has 1 fully saturated rings. The van der Waals surface area contributed by atoms with E-state index in [2.05, 4.69) is 43.8 Å². The predicted molar refractivity (Wildman–Crippen MR) is 84.6 cm³/mol. The maximum atomic E-state index is 12.2. The minimum absolute atomic E-state index is 0.000799. The number of rotatable bonds is 2. The molecule has 0 aliphatic heterocycles. The van der Waals surface area contributed by atoms with Crippen molar-refractivity contribution in [2.45, 2.75) is 37.8 Å². The molecular weight excluding hydrogens is 407 g/mol. The first-order chi connectivity index (χ1) is 8.56. The fourth-order valence-corrected chi connectivity index (χ4v) is 3.12. The van der Waals surface area contributed by atoms with Crippen LogP contribution in [0.15, 0.2) is 22.7 Å². The number of amides is 1. The lowest BCUT2D eigenvalue weighted by Crippen LogP contribution is -2.40. The summed E-state index contributed by atoms with van der Waals surface area (Å²) in [6, 6.07) is 6.35. The third-order valence-corrected chi connectivity index (χ3v) is 4.64. The van der Waals surface area contributed by atoms with Crippen molar-refractivity contribution in [3.8, 4) is 0 Å². The van der Waals surface area contributed by atoms with Gasteiger partial charge in [-0.2, -0.15) is 0 Å². The predicted octanol–water partition coefficient (Wildman–Crippen LogP) is 3.05. The van der Waals surface area contributed by atoms with Crippen LogP contribution in [0.4, 0.5) is 0 Å². The summed E-state index contributed by atoms with van der Waals surface area (Å²) in [7, 11) is 0. The van der Waals surface area contributed by atoms with Crippen LogP contribution in [-0.2, 0) is 0 Å². The van der Waals surface area contributed by atoms with Crippen molar-refractivity contribution in [3.63, 3.8) is 0 Å². The van der Waals surface area contributed by atoms with E-state index in [1.165, 1.54) is 0 Å². The van der Waals surface area contributed by atoms with Crippen molar-refractivity contribution in [1.82, 2.24) is 5.32 Å². The van der Waals surface area contributed by atoms with Crippen molar-refractivity contribution in [1.29, 1.82) is 0 Å². The Morgan fingerprint density at radius 2 is 2.00 bits per heavy atom. The summed E-state index contributed by atoms with van der Waals surface area (Å²) < 4.78 is 1.90. The topological polar surface area (TPSA) is 55.1 Å². The summed E-state index contributed by atoms with van der Waals surface area (Å²) in [5.74, 6) is 0.000799. The third kappa shape index (κ3) is 3.68. The van der Waals surface area contributed by atoms with E-state index in [4.69, 9.17) is 5.73 Å². The first-order valence-corrected chi connectivity index (χ1v) is 7.95. The van der Waals surface area contributed by atoms with E-state index >= 15 is 0 Å². The zero-order valence-electron chi connectivity index (χ0n) is 9.96. The standard InChI is InChI=1S/C13H16BrIN2O/c14-12-6-1-8(15)7-11(12)13(18)17-10-4-2-9(16)3-5-10/h1,6-7,9-10H,2-5,16H2,(H,17,18). The number of hydrogen-bond acceptors (Lipinski definition) is 2. The minimum Gasteiger partial charge on any atom is -0.349 e. The van der Waals surface area contributed by atoms with E-state index in [0.29, 0.717) is 11.6 Å². The molecule has 0 unspecified atom stereocenters. The Labute approximate surface area is 129 Å². The molecule has 0 radical (unpaired) electrons. The van der Waals surface area contributed by atoms with Gasteiger partial charge >= 0.3 is 0 Å². The number of halogens is 2. The van der Waals surface area contributed by atoms with Gasteiger partial charge in [0.05, 0.1) is 5.56 Å². The highest BCUT2D eigenvalue weighted by atomic mass is 127. The normalized spacial score (nSPS) is 23.7. The summed E-state index contributed by atoms with van der Waals surface area (Å²) in [6.45, 7) is 0. The number of carbonyl (C=O) groups excluding carboxylic acids is 1. The lowest BCUT2D eigenvalue weighted by atomic mass is 9.91. The molecule has 0 saturated heterocycles. The zero-order valence-corrected chi connectivity index (χ0v) is 13.7. The van der Waals surface area contributed by atoms with E-state index in [1.807, 2.05) is 18.2 Å². The molecule has 1 aliphatic carbocycles. The molecule has 0 heterocycles. The Kier molecular flexibility index (Phi) is 5.03. The highest BCUT2D eigenvalue weighted by Gasteiger charge is 2.21. The van der Waals surface area contributed by atoms with Gasteiger partial charge in [0.15, 0.2) is 0 Å². The SMILES string of the molecule is NC1CCC(NC(=O)c2cc(I)ccc2Br)CC1. The summed E-state index contributed by atoms with van der Waals surface area (Å²) in [5, 5.41) is 3.10. The van der Waals surface area contributed by atoms with Gasteiger partial charge in [-0.05, 0) is 82.4 Å². The van der Waals surface area contributed by atoms with Crippen LogP contribution < -0.4 is 11.1 Å². The molecule has 0 bridgehead atoms. The molecule has 0 spiro atoms. The Morgan fingerprint density at radius 3 is 2.67 bits per heavy atom. The fourth-order valence-electron chi connectivity index (χ4n) is 2.20. The molecule has 18 heavy (non-hydrogen) atoms. The molecule has 1 aromatic carbocycles. The van der Waals surface area contributed by atoms with Crippen LogP contribution in [-0.4, -0.2) is 18.0 Å². The van der Waals surface area contributed by atoms with Crippen LogP contribution in [0.3, 0.4) is 0 Å². The van der Waals surface area contributed by atoms with E-state index in [0.717, 1.165) is 33.7 Å². The number of nitrogens with two attached hydrogens (primary N) is 1. The Morgan fingerprint density at radius 1 is 1.33 bits per heavy atom. The Hall–Kier alpha value is -0.140. The molecule has 1 saturated carbocycles. The van der Waals surface area contributed by atoms with Crippen molar-refractivity contribution in [2.24, 2.45) is 5.73 Å². The molecular formula is C13H16BrIN2O. The molecule has 5 heteroatoms. The van der Waals surface area contributed by atoms with Gasteiger partial charge in [-0.15, -0.1) is 0 Å². The van der Waals surface area contributed by atoms with Gasteiger partial charge in [0.2, 0.25) is 0 Å². The fraction of sp³-hybridized carbons (Fsp3) is 0.462. The molecule has 0 aromatic heterocycles. The number of hydrogen-bond donors (Lipinski definition) is 2. The van der Waals surface area contributed by atoms with Gasteiger partial charge in [0.1, 0.15) is 0 Å². The van der Waals surface area contributed by atoms with E-state index in [-0.39, 0.29) is 11.9 Å². The highest BCUT2D eigenvalue weighted by Crippen LogP contribution is 2.21. The van der Waals surface area contributed by atoms with Gasteiger partial charge in [-0.3, -0.25) is 4.79 Å². The zero-order chi connectivity index (χ0) is 13.1. The van der Waals surface area contributed by atoms with Gasteiger partial charge in [-0.1, -0.05) is 0 Å². The van der Waals surface area contributed by atoms with Gasteiger partial charge in [0, 0.05) is 20.1 Å². The quantitative estimate of drug-likeness (QED) is 0.719. The van der Waals surface area contributed by atoms with Crippen molar-refractivity contribution >= 4 is 44.4 Å². The first kappa shape index (κ1) is 14.3. The lowest BCUT2D eigenvalue weighted by Gasteiger charge is -2.27. The van der Waals surface area contributed by atoms with Crippen LogP contribution in [0.1, 0.15) is 36.0 Å². The molecule has 1 amide bonds. The number of carbonyl (C=O) groups is 1. The summed E-state index contributed by atoms with van der Waals surface area (Å²) in [4.78, 5) is 12.2. The second kappa shape index (κ2) is 6.34. The molecule has 1 aliphatic rings. The molecule has 3 nitrogen and oxygen atoms in total. The van der Waals surface area contributed by atoms with Crippen LogP contribution >= 0.6 is 38.5 Å². The van der Waals surface area contributed by atoms with E-state index in [9.17, 15) is 4.79 Å². The number of benzene rings is 1. The van der Waals surface area contributed by atoms with Gasteiger partial charge in [0.25, 0.3) is 5.91 Å². The monoisotopic (exact) mass is 422 g/mol. The van der Waals surface area contributed by atoms with Gasteiger partial charge < -0.3 is 11.1 Å². The maximum absolute atomic E-state index is 12.2. The first-order valence-electron chi connectivity index (χ1n) is 6.08. The third-order valence-electron chi connectivity index (χ3n) is 3.28. The van der Waals surface area contributed by atoms with Crippen molar-refractivity contribution in [3.05, 3.63) is 31.8 Å². The number of nitrogens with one attached hydrogen (secondary N) is 1. The van der Waals surface area contributed by atoms with Crippen LogP contribution in [0, 0.1) is 3.57 Å². The maximum Gasteiger partial charge on any atom is 0.252 e. The summed E-state index contributed by atoms with van der Waals surface area (Å²) >= 11 is 5.63. The van der Waals surface area contributed by atoms with Crippen LogP contribution in [0.2, 0.25) is 0 Å². The summed E-state index contributed by atoms with van der Waals surface area (Å²) in [5.41, 5.74) is 6.57. The molecule has 2 rings (SSSR count). The van der Waals surface area contributed by atoms with Crippen LogP contribution in [0.5, 0.6) is 0 Å². The van der Waals surface area contributed by atoms with Gasteiger partial charge in [-0.25, -0.2) is 0 Å². The van der Waals surface area contributed by atoms with Crippen LogP contribution in [0.25, 0.3) is 0 Å². The van der Waals surface area contributed by atoms with Crippen molar-refractivity contribution < 1.29 is 4.79 Å². The second-order valence-electron chi connectivity index (χ2n) is 4.71. The average Bonchev–Trinajstić information content (AvgIpc) is 2.35. The highest BCUT2D eigenvalue weighted by molar-refractivity contribution is 14.1. The largest absolute Gasteiger partial charge is 0.349 e. The molecule has 1 aromatic rings. The summed E-state index contributed by atoms with van der Waals surface area (Å²) in [6.07, 6.45) is 3.96. The molecule has 0 atom stereocenters. The van der Waals surface area contributed by atoms with E-state index in [1.54, 1.807) is 0 Å². The van der Waals surface area contributed by atoms with E-state index < -0.39 is 0 Å². The molecule has 98 valence electrons. The Bertz CT molecular complexity index is 445. The Balaban J connectivity index is 2.01. The average molecular weight is 423 g/mol. The molecule has 3 N–H and O–H groups in total. The minimum atomic E-state index is 0.000799. The smallest absolute Gasteiger partial charge is 0.252 e. The second-order valence-corrected chi connectivity index (χ2v) is 6.81.